The van der Waals surface area contributed by atoms with E-state index in [0.717, 1.165) is 18.9 Å². The smallest absolute Gasteiger partial charge is 0.236 e. The molecule has 1 atom stereocenters. The van der Waals surface area contributed by atoms with Crippen molar-refractivity contribution < 1.29 is 4.79 Å². The lowest BCUT2D eigenvalue weighted by atomic mass is 10.0. The van der Waals surface area contributed by atoms with Gasteiger partial charge in [-0.05, 0) is 26.3 Å². The first-order valence-electron chi connectivity index (χ1n) is 5.69. The summed E-state index contributed by atoms with van der Waals surface area (Å²) in [7, 11) is 1.81. The van der Waals surface area contributed by atoms with Crippen LogP contribution in [0, 0.1) is 5.92 Å². The molecule has 3 nitrogen and oxygen atoms in total. The zero-order valence-corrected chi connectivity index (χ0v) is 9.31. The second-order valence-corrected chi connectivity index (χ2v) is 4.24. The van der Waals surface area contributed by atoms with Crippen molar-refractivity contribution >= 4 is 5.91 Å². The zero-order valence-electron chi connectivity index (χ0n) is 9.31. The molecule has 0 aromatic carbocycles. The fourth-order valence-corrected chi connectivity index (χ4v) is 1.98. The molecule has 0 radical (unpaired) electrons. The number of amides is 1. The fraction of sp³-hybridized carbons (Fsp3) is 0.909. The van der Waals surface area contributed by atoms with Gasteiger partial charge in [0.2, 0.25) is 5.91 Å². The number of likely N-dealkylation sites (N-methyl/N-ethyl adjacent to an activating group) is 1. The summed E-state index contributed by atoms with van der Waals surface area (Å²) < 4.78 is 0. The van der Waals surface area contributed by atoms with Crippen molar-refractivity contribution in [1.29, 1.82) is 0 Å². The summed E-state index contributed by atoms with van der Waals surface area (Å²) in [5.74, 6) is 0.977. The molecule has 14 heavy (non-hydrogen) atoms. The van der Waals surface area contributed by atoms with Gasteiger partial charge in [-0.2, -0.15) is 0 Å². The number of hydrogen-bond acceptors (Lipinski definition) is 2. The molecule has 1 aliphatic rings. The van der Waals surface area contributed by atoms with E-state index in [-0.39, 0.29) is 11.9 Å². The molecule has 0 heterocycles. The second kappa shape index (κ2) is 6.02. The number of carbonyl (C=O) groups excluding carboxylic acids is 1. The van der Waals surface area contributed by atoms with E-state index in [2.05, 4.69) is 10.6 Å². The lowest BCUT2D eigenvalue weighted by Crippen LogP contribution is -2.40. The van der Waals surface area contributed by atoms with E-state index in [1.807, 2.05) is 6.92 Å². The molecule has 1 unspecified atom stereocenters. The Balaban J connectivity index is 2.05. The normalized spacial score (nSPS) is 19.6. The van der Waals surface area contributed by atoms with Crippen LogP contribution in [-0.2, 0) is 4.79 Å². The Morgan fingerprint density at radius 2 is 2.07 bits per heavy atom. The standard InChI is InChI=1S/C11H22N2O/c1-9(12-2)11(14)13-8-7-10-5-3-4-6-10/h9-10,12H,3-8H2,1-2H3,(H,13,14). The largest absolute Gasteiger partial charge is 0.355 e. The maximum absolute atomic E-state index is 11.4. The topological polar surface area (TPSA) is 41.1 Å². The van der Waals surface area contributed by atoms with Crippen molar-refractivity contribution in [2.45, 2.75) is 45.1 Å². The van der Waals surface area contributed by atoms with E-state index in [9.17, 15) is 4.79 Å². The average molecular weight is 198 g/mol. The Labute approximate surface area is 86.6 Å². The average Bonchev–Trinajstić information content (AvgIpc) is 2.69. The van der Waals surface area contributed by atoms with Crippen LogP contribution in [0.1, 0.15) is 39.0 Å². The van der Waals surface area contributed by atoms with Gasteiger partial charge in [-0.1, -0.05) is 25.7 Å². The Bertz CT molecular complexity index is 176. The molecule has 2 N–H and O–H groups in total. The van der Waals surface area contributed by atoms with E-state index in [0.29, 0.717) is 0 Å². The lowest BCUT2D eigenvalue weighted by molar-refractivity contribution is -0.122. The van der Waals surface area contributed by atoms with Crippen molar-refractivity contribution in [1.82, 2.24) is 10.6 Å². The third-order valence-electron chi connectivity index (χ3n) is 3.15. The Morgan fingerprint density at radius 1 is 1.43 bits per heavy atom. The molecule has 1 aliphatic carbocycles. The SMILES string of the molecule is CNC(C)C(=O)NCCC1CCCC1. The summed E-state index contributed by atoms with van der Waals surface area (Å²) in [4.78, 5) is 11.4. The van der Waals surface area contributed by atoms with Gasteiger partial charge in [0.1, 0.15) is 0 Å². The van der Waals surface area contributed by atoms with Crippen molar-refractivity contribution in [3.8, 4) is 0 Å². The van der Waals surface area contributed by atoms with Crippen LogP contribution in [0.3, 0.4) is 0 Å². The fourth-order valence-electron chi connectivity index (χ4n) is 1.98. The maximum atomic E-state index is 11.4. The minimum Gasteiger partial charge on any atom is -0.355 e. The minimum atomic E-state index is -0.0708. The first-order chi connectivity index (χ1) is 6.74. The van der Waals surface area contributed by atoms with Gasteiger partial charge < -0.3 is 10.6 Å². The molecule has 0 aliphatic heterocycles. The molecule has 82 valence electrons. The van der Waals surface area contributed by atoms with Crippen molar-refractivity contribution in [2.24, 2.45) is 5.92 Å². The van der Waals surface area contributed by atoms with Gasteiger partial charge in [0.05, 0.1) is 6.04 Å². The first kappa shape index (κ1) is 11.5. The lowest BCUT2D eigenvalue weighted by Gasteiger charge is -2.13. The Hall–Kier alpha value is -0.570. The summed E-state index contributed by atoms with van der Waals surface area (Å²) >= 11 is 0. The third-order valence-corrected chi connectivity index (χ3v) is 3.15. The van der Waals surface area contributed by atoms with E-state index in [1.54, 1.807) is 7.05 Å². The van der Waals surface area contributed by atoms with Crippen LogP contribution in [0.5, 0.6) is 0 Å². The summed E-state index contributed by atoms with van der Waals surface area (Å²) in [6.07, 6.45) is 6.63. The molecule has 0 aromatic heterocycles. The zero-order chi connectivity index (χ0) is 10.4. The van der Waals surface area contributed by atoms with Crippen LogP contribution in [0.4, 0.5) is 0 Å². The van der Waals surface area contributed by atoms with E-state index in [1.165, 1.54) is 25.7 Å². The maximum Gasteiger partial charge on any atom is 0.236 e. The Morgan fingerprint density at radius 3 is 2.64 bits per heavy atom. The van der Waals surface area contributed by atoms with Gasteiger partial charge in [0.25, 0.3) is 0 Å². The molecule has 1 fully saturated rings. The van der Waals surface area contributed by atoms with E-state index < -0.39 is 0 Å². The van der Waals surface area contributed by atoms with Crippen molar-refractivity contribution in [3.05, 3.63) is 0 Å². The highest BCUT2D eigenvalue weighted by Gasteiger charge is 2.15. The van der Waals surface area contributed by atoms with Crippen LogP contribution in [-0.4, -0.2) is 25.5 Å². The number of hydrogen-bond donors (Lipinski definition) is 2. The molecular formula is C11H22N2O. The van der Waals surface area contributed by atoms with E-state index in [4.69, 9.17) is 0 Å². The quantitative estimate of drug-likeness (QED) is 0.699. The van der Waals surface area contributed by atoms with Gasteiger partial charge in [-0.15, -0.1) is 0 Å². The molecule has 0 bridgehead atoms. The highest BCUT2D eigenvalue weighted by molar-refractivity contribution is 5.81. The highest BCUT2D eigenvalue weighted by atomic mass is 16.2. The molecule has 0 aromatic rings. The molecule has 0 spiro atoms. The molecule has 1 rings (SSSR count). The van der Waals surface area contributed by atoms with Gasteiger partial charge >= 0.3 is 0 Å². The minimum absolute atomic E-state index is 0.0708. The summed E-state index contributed by atoms with van der Waals surface area (Å²) in [6.45, 7) is 2.72. The van der Waals surface area contributed by atoms with Crippen LogP contribution < -0.4 is 10.6 Å². The monoisotopic (exact) mass is 198 g/mol. The molecule has 1 saturated carbocycles. The van der Waals surface area contributed by atoms with Gasteiger partial charge in [0.15, 0.2) is 0 Å². The summed E-state index contributed by atoms with van der Waals surface area (Å²) in [5, 5.41) is 5.89. The number of rotatable bonds is 5. The molecule has 3 heteroatoms. The summed E-state index contributed by atoms with van der Waals surface area (Å²) in [5.41, 5.74) is 0. The highest BCUT2D eigenvalue weighted by Crippen LogP contribution is 2.26. The second-order valence-electron chi connectivity index (χ2n) is 4.24. The predicted octanol–water partition coefficient (Wildman–Crippen LogP) is 1.29. The van der Waals surface area contributed by atoms with Crippen LogP contribution in [0.2, 0.25) is 0 Å². The van der Waals surface area contributed by atoms with Crippen LogP contribution in [0.15, 0.2) is 0 Å². The van der Waals surface area contributed by atoms with Crippen molar-refractivity contribution in [3.63, 3.8) is 0 Å². The number of nitrogens with one attached hydrogen (secondary N) is 2. The van der Waals surface area contributed by atoms with Gasteiger partial charge in [0, 0.05) is 6.54 Å². The molecular weight excluding hydrogens is 176 g/mol. The van der Waals surface area contributed by atoms with Crippen LogP contribution in [0.25, 0.3) is 0 Å². The third kappa shape index (κ3) is 3.66. The van der Waals surface area contributed by atoms with Crippen molar-refractivity contribution in [2.75, 3.05) is 13.6 Å². The van der Waals surface area contributed by atoms with Gasteiger partial charge in [-0.3, -0.25) is 4.79 Å². The number of carbonyl (C=O) groups is 1. The Kier molecular flexibility index (Phi) is 4.94. The summed E-state index contributed by atoms with van der Waals surface area (Å²) in [6, 6.07) is -0.0708. The molecule has 0 saturated heterocycles. The van der Waals surface area contributed by atoms with E-state index >= 15 is 0 Å². The predicted molar refractivity (Wildman–Crippen MR) is 58.1 cm³/mol. The van der Waals surface area contributed by atoms with Gasteiger partial charge in [-0.25, -0.2) is 0 Å². The molecule has 1 amide bonds. The first-order valence-corrected chi connectivity index (χ1v) is 5.69. The van der Waals surface area contributed by atoms with Crippen LogP contribution >= 0.6 is 0 Å².